The molecule has 14 nitrogen and oxygen atoms in total. The van der Waals surface area contributed by atoms with Crippen LogP contribution in [0.25, 0.3) is 21.7 Å². The summed E-state index contributed by atoms with van der Waals surface area (Å²) < 4.78 is 5.96. The molecule has 7 N–H and O–H groups in total. The number of anilines is 1. The Kier molecular flexibility index (Phi) is 14.7. The monoisotopic (exact) mass is 800 g/mol. The van der Waals surface area contributed by atoms with Gasteiger partial charge in [-0.1, -0.05) is 47.6 Å². The number of rotatable bonds is 18. The van der Waals surface area contributed by atoms with Gasteiger partial charge in [0.2, 0.25) is 5.91 Å². The lowest BCUT2D eigenvalue weighted by Crippen LogP contribution is -2.50. The molecule has 4 aromatic rings. The fourth-order valence-electron chi connectivity index (χ4n) is 5.88. The molecule has 1 aliphatic heterocycles. The number of thioether (sulfide) groups is 1. The number of nitrogens with one attached hydrogen (secondary N) is 2. The fraction of sp³-hybridized carbons (Fsp3) is 0.342. The minimum atomic E-state index is -1.14. The Morgan fingerprint density at radius 1 is 1.07 bits per heavy atom. The van der Waals surface area contributed by atoms with Crippen LogP contribution in [0.3, 0.4) is 0 Å². The van der Waals surface area contributed by atoms with Gasteiger partial charge >= 0.3 is 5.97 Å². The van der Waals surface area contributed by atoms with Crippen molar-refractivity contribution in [1.82, 2.24) is 20.6 Å². The molecule has 0 unspecified atom stereocenters. The molecule has 0 spiro atoms. The highest BCUT2D eigenvalue weighted by molar-refractivity contribution is 7.98. The highest BCUT2D eigenvalue weighted by Crippen LogP contribution is 2.40. The molecule has 0 radical (unpaired) electrons. The van der Waals surface area contributed by atoms with Gasteiger partial charge in [0.15, 0.2) is 5.96 Å². The zero-order valence-corrected chi connectivity index (χ0v) is 32.5. The molecule has 2 aromatic heterocycles. The predicted octanol–water partition coefficient (Wildman–Crippen LogP) is 5.14. The number of ether oxygens (including phenoxy) is 1. The SMILES string of the molecule is C[C@H](NC(=O)[C@H](CCCN=C(N)N)NCCOc1ccc(-c2c(C#N)c(SCc3csc(-c4ccc(Cl)cc4)n3)nc(N3CCCC3)c2C#N)cc1)C(=O)O. The van der Waals surface area contributed by atoms with Gasteiger partial charge in [-0.25, -0.2) is 9.97 Å². The van der Waals surface area contributed by atoms with E-state index < -0.39 is 24.0 Å². The molecule has 0 aliphatic carbocycles. The first-order valence-corrected chi connectivity index (χ1v) is 19.8. The van der Waals surface area contributed by atoms with Gasteiger partial charge in [0, 0.05) is 53.5 Å². The summed E-state index contributed by atoms with van der Waals surface area (Å²) in [6.45, 7) is 3.73. The minimum Gasteiger partial charge on any atom is -0.492 e. The second-order valence-corrected chi connectivity index (χ2v) is 14.9. The lowest BCUT2D eigenvalue weighted by atomic mass is 9.96. The van der Waals surface area contributed by atoms with Crippen LogP contribution >= 0.6 is 34.7 Å². The van der Waals surface area contributed by atoms with Crippen LogP contribution in [0.15, 0.2) is 63.9 Å². The quantitative estimate of drug-likeness (QED) is 0.0381. The van der Waals surface area contributed by atoms with Gasteiger partial charge in [-0.05, 0) is 62.4 Å². The molecule has 1 fully saturated rings. The molecular formula is C38H41ClN10O4S2. The molecule has 2 atom stereocenters. The maximum absolute atomic E-state index is 12.8. The van der Waals surface area contributed by atoms with Crippen molar-refractivity contribution in [2.75, 3.05) is 37.7 Å². The number of carboxylic acid groups (broad SMARTS) is 1. The summed E-state index contributed by atoms with van der Waals surface area (Å²) in [4.78, 5) is 39.9. The van der Waals surface area contributed by atoms with Crippen molar-refractivity contribution in [3.05, 3.63) is 75.8 Å². The van der Waals surface area contributed by atoms with Crippen LogP contribution in [0.1, 0.15) is 49.4 Å². The third-order valence-corrected chi connectivity index (χ3v) is 10.9. The molecule has 0 saturated carbocycles. The molecular weight excluding hydrogens is 760 g/mol. The number of benzene rings is 2. The van der Waals surface area contributed by atoms with Crippen LogP contribution in [-0.2, 0) is 15.3 Å². The number of hydrogen-bond acceptors (Lipinski definition) is 12. The van der Waals surface area contributed by atoms with Crippen LogP contribution in [0, 0.1) is 22.7 Å². The van der Waals surface area contributed by atoms with Crippen LogP contribution in [0.2, 0.25) is 5.02 Å². The van der Waals surface area contributed by atoms with Crippen molar-refractivity contribution >= 4 is 58.4 Å². The Hall–Kier alpha value is -5.39. The van der Waals surface area contributed by atoms with E-state index in [4.69, 9.17) is 37.8 Å². The second kappa shape index (κ2) is 19.8. The largest absolute Gasteiger partial charge is 0.492 e. The van der Waals surface area contributed by atoms with E-state index in [2.05, 4.69) is 32.7 Å². The Bertz CT molecular complexity index is 2070. The van der Waals surface area contributed by atoms with Gasteiger partial charge in [-0.2, -0.15) is 10.5 Å². The number of amides is 1. The highest BCUT2D eigenvalue weighted by atomic mass is 35.5. The summed E-state index contributed by atoms with van der Waals surface area (Å²) in [5.74, 6) is -0.0568. The highest BCUT2D eigenvalue weighted by Gasteiger charge is 2.27. The minimum absolute atomic E-state index is 0.0488. The summed E-state index contributed by atoms with van der Waals surface area (Å²) >= 11 is 9.01. The first-order valence-electron chi connectivity index (χ1n) is 17.6. The Morgan fingerprint density at radius 2 is 1.76 bits per heavy atom. The van der Waals surface area contributed by atoms with E-state index in [1.165, 1.54) is 30.0 Å². The summed E-state index contributed by atoms with van der Waals surface area (Å²) in [5, 5.41) is 39.8. The van der Waals surface area contributed by atoms with Crippen molar-refractivity contribution in [1.29, 1.82) is 10.5 Å². The average Bonchev–Trinajstić information content (AvgIpc) is 3.89. The number of carboxylic acids is 1. The Morgan fingerprint density at radius 3 is 2.42 bits per heavy atom. The maximum Gasteiger partial charge on any atom is 0.325 e. The van der Waals surface area contributed by atoms with Gasteiger partial charge < -0.3 is 36.8 Å². The van der Waals surface area contributed by atoms with Crippen molar-refractivity contribution in [3.63, 3.8) is 0 Å². The predicted molar refractivity (Wildman–Crippen MR) is 215 cm³/mol. The number of aromatic nitrogens is 2. The van der Waals surface area contributed by atoms with Gasteiger partial charge in [0.05, 0.1) is 17.3 Å². The molecule has 17 heteroatoms. The van der Waals surface area contributed by atoms with Crippen molar-refractivity contribution in [2.45, 2.75) is 55.5 Å². The maximum atomic E-state index is 12.8. The zero-order valence-electron chi connectivity index (χ0n) is 30.1. The third-order valence-electron chi connectivity index (χ3n) is 8.67. The Labute approximate surface area is 332 Å². The molecule has 286 valence electrons. The van der Waals surface area contributed by atoms with Gasteiger partial charge in [-0.15, -0.1) is 11.3 Å². The number of carbonyl (C=O) groups excluding carboxylic acids is 1. The van der Waals surface area contributed by atoms with Gasteiger partial charge in [0.25, 0.3) is 0 Å². The summed E-state index contributed by atoms with van der Waals surface area (Å²) in [5.41, 5.74) is 14.5. The van der Waals surface area contributed by atoms with E-state index >= 15 is 0 Å². The first-order chi connectivity index (χ1) is 26.6. The smallest absolute Gasteiger partial charge is 0.325 e. The van der Waals surface area contributed by atoms with E-state index in [0.29, 0.717) is 69.0 Å². The fourth-order valence-corrected chi connectivity index (χ4v) is 7.81. The number of aliphatic imine (C=N–C) groups is 1. The number of carbonyl (C=O) groups is 2. The van der Waals surface area contributed by atoms with E-state index in [1.54, 1.807) is 12.1 Å². The summed E-state index contributed by atoms with van der Waals surface area (Å²) in [7, 11) is 0. The van der Waals surface area contributed by atoms with Gasteiger partial charge in [-0.3, -0.25) is 14.6 Å². The molecule has 1 amide bonds. The van der Waals surface area contributed by atoms with Crippen molar-refractivity contribution < 1.29 is 19.4 Å². The molecule has 1 saturated heterocycles. The standard InChI is InChI=1S/C38H41ClN10O4S2/c1-23(37(51)52)46-34(50)31(5-4-14-45-38(42)43)44-15-18-53-28-12-8-24(9-13-28)32-29(19-40)33(49-16-2-3-17-49)48-36(30(32)20-41)55-22-27-21-54-35(47-27)25-6-10-26(39)11-7-25/h6-13,21,23,31,44H,2-5,14-18,22H2,1H3,(H,46,50)(H,51,52)(H4,42,43,45)/t23-,31-/m0/s1. The third kappa shape index (κ3) is 11.1. The number of nitriles is 2. The molecule has 2 aromatic carbocycles. The first kappa shape index (κ1) is 40.8. The number of thiazole rings is 1. The molecule has 5 rings (SSSR count). The number of guanidine groups is 1. The van der Waals surface area contributed by atoms with E-state index in [0.717, 1.165) is 42.2 Å². The van der Waals surface area contributed by atoms with E-state index in [-0.39, 0.29) is 19.1 Å². The molecule has 0 bridgehead atoms. The van der Waals surface area contributed by atoms with Crippen LogP contribution < -0.4 is 31.7 Å². The number of aliphatic carboxylic acids is 1. The Balaban J connectivity index is 1.31. The molecule has 3 heterocycles. The lowest BCUT2D eigenvalue weighted by Gasteiger charge is -2.22. The van der Waals surface area contributed by atoms with Crippen LogP contribution in [0.4, 0.5) is 5.82 Å². The number of nitrogens with zero attached hydrogens (tertiary/aromatic N) is 6. The number of hydrogen-bond donors (Lipinski definition) is 5. The summed E-state index contributed by atoms with van der Waals surface area (Å²) in [6, 6.07) is 17.6. The van der Waals surface area contributed by atoms with E-state index in [9.17, 15) is 25.2 Å². The van der Waals surface area contributed by atoms with Crippen LogP contribution in [0.5, 0.6) is 5.75 Å². The lowest BCUT2D eigenvalue weighted by molar-refractivity contribution is -0.141. The topological polar surface area (TPSA) is 229 Å². The van der Waals surface area contributed by atoms with Gasteiger partial charge in [0.1, 0.15) is 52.0 Å². The molecule has 55 heavy (non-hydrogen) atoms. The van der Waals surface area contributed by atoms with E-state index in [1.807, 2.05) is 41.8 Å². The molecule has 1 aliphatic rings. The number of nitrogens with two attached hydrogens (primary N) is 2. The van der Waals surface area contributed by atoms with Crippen molar-refractivity contribution in [3.8, 4) is 39.6 Å². The number of halogens is 1. The second-order valence-electron chi connectivity index (χ2n) is 12.6. The zero-order chi connectivity index (χ0) is 39.3. The normalized spacial score (nSPS) is 13.3. The average molecular weight is 801 g/mol. The van der Waals surface area contributed by atoms with Crippen molar-refractivity contribution in [2.24, 2.45) is 16.5 Å². The van der Waals surface area contributed by atoms with Crippen LogP contribution in [-0.4, -0.2) is 77.8 Å². The summed E-state index contributed by atoms with van der Waals surface area (Å²) in [6.07, 6.45) is 2.84. The number of pyridine rings is 1.